The largest absolute Gasteiger partial charge is 0.493 e. The highest BCUT2D eigenvalue weighted by molar-refractivity contribution is 6.03. The number of rotatable bonds is 6. The predicted molar refractivity (Wildman–Crippen MR) is 141 cm³/mol. The molecule has 2 aliphatic carbocycles. The van der Waals surface area contributed by atoms with Gasteiger partial charge in [-0.25, -0.2) is 9.97 Å². The van der Waals surface area contributed by atoms with Gasteiger partial charge in [0.25, 0.3) is 5.91 Å². The minimum absolute atomic E-state index is 0.144. The maximum atomic E-state index is 12.6. The third-order valence-corrected chi connectivity index (χ3v) is 6.51. The summed E-state index contributed by atoms with van der Waals surface area (Å²) in [5.74, 6) is 1.28. The third kappa shape index (κ3) is 4.56. The molecule has 2 heterocycles. The summed E-state index contributed by atoms with van der Waals surface area (Å²) < 4.78 is 17.1. The van der Waals surface area contributed by atoms with Crippen molar-refractivity contribution in [2.45, 2.75) is 25.8 Å². The lowest BCUT2D eigenvalue weighted by atomic mass is 9.95. The number of aryl methyl sites for hydroxylation is 1. The molecule has 0 spiro atoms. The predicted octanol–water partition coefficient (Wildman–Crippen LogP) is 4.04. The van der Waals surface area contributed by atoms with Crippen molar-refractivity contribution in [3.8, 4) is 39.8 Å². The number of ether oxygens (including phenoxy) is 3. The van der Waals surface area contributed by atoms with Gasteiger partial charge in [-0.1, -0.05) is 6.07 Å². The number of imidazole rings is 1. The Morgan fingerprint density at radius 1 is 0.974 bits per heavy atom. The molecule has 38 heavy (non-hydrogen) atoms. The Morgan fingerprint density at radius 2 is 1.76 bits per heavy atom. The maximum Gasteiger partial charge on any atom is 0.259 e. The molecule has 194 valence electrons. The molecule has 1 atom stereocenters. The first kappa shape index (κ1) is 24.9. The van der Waals surface area contributed by atoms with E-state index in [0.717, 1.165) is 22.3 Å². The van der Waals surface area contributed by atoms with Crippen LogP contribution in [0.25, 0.3) is 22.5 Å². The normalized spacial score (nSPS) is 14.1. The molecule has 0 radical (unpaired) electrons. The Bertz CT molecular complexity index is 1490. The number of hydrogen-bond donors (Lipinski definition) is 2. The summed E-state index contributed by atoms with van der Waals surface area (Å²) in [4.78, 5) is 37.9. The van der Waals surface area contributed by atoms with Crippen molar-refractivity contribution < 1.29 is 23.8 Å². The van der Waals surface area contributed by atoms with Gasteiger partial charge < -0.3 is 19.5 Å². The molecule has 0 saturated heterocycles. The average molecular weight is 514 g/mol. The number of pyridine rings is 1. The number of amides is 2. The topological polar surface area (TPSA) is 125 Å². The first-order valence-electron chi connectivity index (χ1n) is 12.1. The number of methoxy groups -OCH3 is 3. The van der Waals surface area contributed by atoms with Crippen LogP contribution < -0.4 is 24.8 Å². The Morgan fingerprint density at radius 3 is 2.45 bits per heavy atom. The zero-order valence-corrected chi connectivity index (χ0v) is 21.5. The fourth-order valence-corrected chi connectivity index (χ4v) is 4.87. The average Bonchev–Trinajstić information content (AvgIpc) is 3.13. The van der Waals surface area contributed by atoms with E-state index in [0.29, 0.717) is 47.0 Å². The first-order valence-corrected chi connectivity index (χ1v) is 12.1. The number of nitrogens with one attached hydrogen (secondary N) is 2. The number of benzene rings is 1. The van der Waals surface area contributed by atoms with Crippen LogP contribution in [-0.2, 0) is 11.2 Å². The number of fused-ring (bicyclic) bond motifs is 4. The molecular formula is C28H27N5O5. The summed E-state index contributed by atoms with van der Waals surface area (Å²) in [7, 11) is 4.75. The van der Waals surface area contributed by atoms with Crippen molar-refractivity contribution in [1.29, 1.82) is 0 Å². The summed E-state index contributed by atoms with van der Waals surface area (Å²) in [5, 5.41) is 5.81. The molecular weight excluding hydrogens is 486 g/mol. The number of carbonyl (C=O) groups excluding carboxylic acids is 2. The van der Waals surface area contributed by atoms with Crippen LogP contribution in [0.1, 0.15) is 40.9 Å². The number of carbonyl (C=O) groups is 2. The van der Waals surface area contributed by atoms with E-state index in [1.165, 1.54) is 13.1 Å². The molecule has 10 nitrogen and oxygen atoms in total. The van der Waals surface area contributed by atoms with Gasteiger partial charge in [-0.2, -0.15) is 0 Å². The maximum absolute atomic E-state index is 12.6. The lowest BCUT2D eigenvalue weighted by molar-refractivity contribution is -0.119. The fraction of sp³-hybridized carbons (Fsp3) is 0.250. The van der Waals surface area contributed by atoms with E-state index >= 15 is 0 Å². The van der Waals surface area contributed by atoms with Gasteiger partial charge in [0, 0.05) is 24.9 Å². The second kappa shape index (κ2) is 10.3. The van der Waals surface area contributed by atoms with E-state index in [1.54, 1.807) is 39.7 Å². The van der Waals surface area contributed by atoms with Crippen molar-refractivity contribution in [3.63, 3.8) is 0 Å². The minimum atomic E-state index is -0.354. The number of aromatic nitrogens is 3. The summed E-state index contributed by atoms with van der Waals surface area (Å²) in [6.45, 7) is 1.50. The standard InChI is InChI=1S/C28H27N5O5/c1-15(34)30-20-9-7-16-12-23(36-2)25(37-3)26(38-4)24(16)18-8-10-21-22(13-19(18)20)32-28(31-21)33-27(35)17-6-5-11-29-14-17/h5-6,8,10-14,20H,7,9H2,1-4H3,(H,30,34)(H,31,32,33,35)/t20-/m0/s1. The zero-order chi connectivity index (χ0) is 26.8. The fourth-order valence-electron chi connectivity index (χ4n) is 4.87. The third-order valence-electron chi connectivity index (χ3n) is 6.51. The quantitative estimate of drug-likeness (QED) is 0.396. The van der Waals surface area contributed by atoms with Crippen molar-refractivity contribution in [3.05, 3.63) is 65.5 Å². The Labute approximate surface area is 219 Å². The lowest BCUT2D eigenvalue weighted by Gasteiger charge is -2.19. The summed E-state index contributed by atoms with van der Waals surface area (Å²) in [6.07, 6.45) is 4.38. The van der Waals surface area contributed by atoms with Crippen LogP contribution in [0.2, 0.25) is 0 Å². The number of hydrogen-bond acceptors (Lipinski definition) is 8. The molecule has 1 aromatic carbocycles. The van der Waals surface area contributed by atoms with Crippen molar-refractivity contribution in [1.82, 2.24) is 20.3 Å². The molecule has 0 saturated carbocycles. The van der Waals surface area contributed by atoms with Crippen LogP contribution in [0.4, 0.5) is 5.95 Å². The van der Waals surface area contributed by atoms with Crippen LogP contribution in [0.5, 0.6) is 17.2 Å². The van der Waals surface area contributed by atoms with Gasteiger partial charge in [0.15, 0.2) is 11.5 Å². The highest BCUT2D eigenvalue weighted by Crippen LogP contribution is 2.50. The van der Waals surface area contributed by atoms with Crippen molar-refractivity contribution in [2.24, 2.45) is 0 Å². The Hall–Kier alpha value is -4.73. The molecule has 10 heteroatoms. The molecule has 1 aliphatic heterocycles. The Balaban J connectivity index is 1.67. The van der Waals surface area contributed by atoms with Crippen LogP contribution in [-0.4, -0.2) is 48.1 Å². The minimum Gasteiger partial charge on any atom is -0.493 e. The lowest BCUT2D eigenvalue weighted by Crippen LogP contribution is -2.26. The molecule has 1 aromatic heterocycles. The van der Waals surface area contributed by atoms with Crippen LogP contribution >= 0.6 is 0 Å². The molecule has 3 aliphatic rings. The van der Waals surface area contributed by atoms with Gasteiger partial charge in [-0.3, -0.25) is 19.9 Å². The highest BCUT2D eigenvalue weighted by atomic mass is 16.5. The molecule has 5 rings (SSSR count). The smallest absolute Gasteiger partial charge is 0.259 e. The van der Waals surface area contributed by atoms with Crippen LogP contribution in [0.3, 0.4) is 0 Å². The molecule has 0 fully saturated rings. The van der Waals surface area contributed by atoms with Gasteiger partial charge in [0.2, 0.25) is 17.6 Å². The van der Waals surface area contributed by atoms with E-state index in [2.05, 4.69) is 25.6 Å². The molecule has 0 bridgehead atoms. The van der Waals surface area contributed by atoms with E-state index < -0.39 is 0 Å². The molecule has 2 amide bonds. The van der Waals surface area contributed by atoms with Gasteiger partial charge in [-0.15, -0.1) is 0 Å². The van der Waals surface area contributed by atoms with Gasteiger partial charge in [-0.05, 0) is 59.9 Å². The number of anilines is 1. The molecule has 2 aromatic rings. The van der Waals surface area contributed by atoms with E-state index in [4.69, 9.17) is 14.2 Å². The first-order chi connectivity index (χ1) is 18.4. The van der Waals surface area contributed by atoms with Gasteiger partial charge in [0.1, 0.15) is 0 Å². The number of nitrogens with zero attached hydrogens (tertiary/aromatic N) is 3. The second-order valence-corrected chi connectivity index (χ2v) is 8.83. The summed E-state index contributed by atoms with van der Waals surface area (Å²) in [5.41, 5.74) is 5.13. The summed E-state index contributed by atoms with van der Waals surface area (Å²) >= 11 is 0. The zero-order valence-electron chi connectivity index (χ0n) is 21.5. The van der Waals surface area contributed by atoms with E-state index in [1.807, 2.05) is 24.3 Å². The Kier molecular flexibility index (Phi) is 6.78. The summed E-state index contributed by atoms with van der Waals surface area (Å²) in [6, 6.07) is 10.7. The molecule has 0 unspecified atom stereocenters. The molecule has 2 N–H and O–H groups in total. The van der Waals surface area contributed by atoms with E-state index in [9.17, 15) is 9.59 Å². The van der Waals surface area contributed by atoms with Gasteiger partial charge >= 0.3 is 0 Å². The van der Waals surface area contributed by atoms with Crippen molar-refractivity contribution in [2.75, 3.05) is 26.6 Å². The SMILES string of the molecule is COc1cc2c(c(OC)c1OC)-c1ccc3nc(NC(=O)c4cccnc4)nc-3cc1[C@@H](NC(C)=O)CC2. The van der Waals surface area contributed by atoms with E-state index in [-0.39, 0.29) is 23.8 Å². The monoisotopic (exact) mass is 513 g/mol. The van der Waals surface area contributed by atoms with Crippen molar-refractivity contribution >= 4 is 17.8 Å². The second-order valence-electron chi connectivity index (χ2n) is 8.83. The highest BCUT2D eigenvalue weighted by Gasteiger charge is 2.30. The van der Waals surface area contributed by atoms with Gasteiger partial charge in [0.05, 0.1) is 44.3 Å². The van der Waals surface area contributed by atoms with Crippen LogP contribution in [0, 0.1) is 0 Å². The van der Waals surface area contributed by atoms with Crippen LogP contribution in [0.15, 0.2) is 48.8 Å².